The lowest BCUT2D eigenvalue weighted by Crippen LogP contribution is -2.51. The minimum atomic E-state index is -0.883. The Balaban J connectivity index is 1.26. The lowest BCUT2D eigenvalue weighted by molar-refractivity contribution is 0.160. The van der Waals surface area contributed by atoms with Crippen molar-refractivity contribution >= 4 is 27.5 Å². The number of anilines is 1. The van der Waals surface area contributed by atoms with Crippen molar-refractivity contribution in [1.29, 1.82) is 0 Å². The number of likely N-dealkylation sites (tertiary alicyclic amines) is 1. The molecule has 3 aliphatic heterocycles. The number of hydrogen-bond acceptors (Lipinski definition) is 7. The SMILES string of the molecule is CCc1c(F)ccc2cc(O)cc(-c3c(F)cc4c(N5CC6CCC(C5)N6)nc(OC[C@@H]5CCCN5CC5CC5)nc4c3F)c12. The molecule has 1 aliphatic carbocycles. The molecule has 4 fully saturated rings. The Morgan fingerprint density at radius 2 is 1.78 bits per heavy atom. The molecule has 45 heavy (non-hydrogen) atoms. The molecule has 236 valence electrons. The first-order chi connectivity index (χ1) is 21.9. The normalized spacial score (nSPS) is 23.5. The Morgan fingerprint density at radius 3 is 2.53 bits per heavy atom. The number of nitrogens with zero attached hydrogens (tertiary/aromatic N) is 4. The van der Waals surface area contributed by atoms with E-state index in [0.717, 1.165) is 44.7 Å². The summed E-state index contributed by atoms with van der Waals surface area (Å²) in [5.74, 6) is -1.10. The third kappa shape index (κ3) is 5.25. The van der Waals surface area contributed by atoms with Crippen molar-refractivity contribution in [2.24, 2.45) is 5.92 Å². The first-order valence-corrected chi connectivity index (χ1v) is 16.4. The van der Waals surface area contributed by atoms with Gasteiger partial charge in [0.15, 0.2) is 5.82 Å². The highest BCUT2D eigenvalue weighted by Crippen LogP contribution is 2.42. The smallest absolute Gasteiger partial charge is 0.319 e. The van der Waals surface area contributed by atoms with Crippen molar-refractivity contribution in [3.63, 3.8) is 0 Å². The summed E-state index contributed by atoms with van der Waals surface area (Å²) in [6.07, 6.45) is 7.11. The van der Waals surface area contributed by atoms with Crippen LogP contribution in [0.15, 0.2) is 30.3 Å². The average molecular weight is 618 g/mol. The molecule has 4 aromatic rings. The van der Waals surface area contributed by atoms with Gasteiger partial charge in [-0.3, -0.25) is 4.90 Å². The van der Waals surface area contributed by atoms with Crippen molar-refractivity contribution in [2.75, 3.05) is 37.7 Å². The average Bonchev–Trinajstić information content (AvgIpc) is 3.63. The Morgan fingerprint density at radius 1 is 0.978 bits per heavy atom. The van der Waals surface area contributed by atoms with E-state index in [-0.39, 0.29) is 51.9 Å². The highest BCUT2D eigenvalue weighted by atomic mass is 19.1. The van der Waals surface area contributed by atoms with Crippen LogP contribution in [-0.4, -0.2) is 70.9 Å². The van der Waals surface area contributed by atoms with Crippen molar-refractivity contribution in [2.45, 2.75) is 70.0 Å². The maximum absolute atomic E-state index is 16.9. The van der Waals surface area contributed by atoms with Crippen LogP contribution in [-0.2, 0) is 6.42 Å². The Bertz CT molecular complexity index is 1790. The maximum atomic E-state index is 16.9. The number of aromatic hydroxyl groups is 1. The topological polar surface area (TPSA) is 73.8 Å². The number of aromatic nitrogens is 2. The van der Waals surface area contributed by atoms with E-state index in [2.05, 4.69) is 20.1 Å². The zero-order chi connectivity index (χ0) is 30.8. The van der Waals surface area contributed by atoms with Crippen LogP contribution in [0.1, 0.15) is 51.0 Å². The Labute approximate surface area is 260 Å². The lowest BCUT2D eigenvalue weighted by Gasteiger charge is -2.34. The summed E-state index contributed by atoms with van der Waals surface area (Å²) < 4.78 is 54.3. The van der Waals surface area contributed by atoms with E-state index in [9.17, 15) is 9.50 Å². The number of benzene rings is 3. The van der Waals surface area contributed by atoms with Crippen LogP contribution in [0.2, 0.25) is 0 Å². The minimum absolute atomic E-state index is 0.0514. The molecular formula is C35H38F3N5O2. The molecule has 8 rings (SSSR count). The molecule has 1 saturated carbocycles. The van der Waals surface area contributed by atoms with Crippen molar-refractivity contribution in [3.8, 4) is 22.9 Å². The van der Waals surface area contributed by atoms with Crippen molar-refractivity contribution in [1.82, 2.24) is 20.2 Å². The zero-order valence-electron chi connectivity index (χ0n) is 25.5. The van der Waals surface area contributed by atoms with Gasteiger partial charge in [0.1, 0.15) is 35.3 Å². The molecule has 2 N–H and O–H groups in total. The second kappa shape index (κ2) is 11.3. The molecule has 4 heterocycles. The van der Waals surface area contributed by atoms with Gasteiger partial charge in [-0.05, 0) is 104 Å². The van der Waals surface area contributed by atoms with Crippen LogP contribution >= 0.6 is 0 Å². The van der Waals surface area contributed by atoms with Gasteiger partial charge >= 0.3 is 6.01 Å². The van der Waals surface area contributed by atoms with E-state index in [1.54, 1.807) is 6.92 Å². The van der Waals surface area contributed by atoms with Crippen LogP contribution in [0.25, 0.3) is 32.8 Å². The molecule has 10 heteroatoms. The van der Waals surface area contributed by atoms with Gasteiger partial charge in [-0.25, -0.2) is 13.2 Å². The third-order valence-corrected chi connectivity index (χ3v) is 10.2. The van der Waals surface area contributed by atoms with Crippen molar-refractivity contribution in [3.05, 3.63) is 53.3 Å². The van der Waals surface area contributed by atoms with Crippen LogP contribution in [0, 0.1) is 23.4 Å². The van der Waals surface area contributed by atoms with Crippen LogP contribution in [0.5, 0.6) is 11.8 Å². The molecule has 3 aromatic carbocycles. The zero-order valence-corrected chi connectivity index (χ0v) is 25.5. The second-order valence-corrected chi connectivity index (χ2v) is 13.3. The highest BCUT2D eigenvalue weighted by Gasteiger charge is 2.35. The summed E-state index contributed by atoms with van der Waals surface area (Å²) in [5, 5.41) is 15.3. The van der Waals surface area contributed by atoms with Gasteiger partial charge < -0.3 is 20.1 Å². The quantitative estimate of drug-likeness (QED) is 0.240. The van der Waals surface area contributed by atoms with E-state index >= 15 is 8.78 Å². The third-order valence-electron chi connectivity index (χ3n) is 10.2. The van der Waals surface area contributed by atoms with Gasteiger partial charge in [0.25, 0.3) is 0 Å². The molecule has 2 bridgehead atoms. The fraction of sp³-hybridized carbons (Fsp3) is 0.486. The summed E-state index contributed by atoms with van der Waals surface area (Å²) in [7, 11) is 0. The number of phenols is 1. The van der Waals surface area contributed by atoms with Gasteiger partial charge in [-0.1, -0.05) is 13.0 Å². The standard InChI is InChI=1S/C35H38F3N5O2/c1-2-25-28(36)10-7-20-12-24(44)13-26(30(20)25)31-29(37)14-27-33(32(31)38)40-35(41-34(27)43-16-21-8-9-22(17-43)39-21)45-18-23-4-3-11-42(23)15-19-5-6-19/h7,10,12-14,19,21-23,39,44H,2-6,8-9,11,15-18H2,1H3/t21?,22?,23-/m0/s1. The predicted molar refractivity (Wildman–Crippen MR) is 168 cm³/mol. The van der Waals surface area contributed by atoms with Gasteiger partial charge in [0.2, 0.25) is 0 Å². The summed E-state index contributed by atoms with van der Waals surface area (Å²) in [4.78, 5) is 13.9. The van der Waals surface area contributed by atoms with Gasteiger partial charge in [-0.15, -0.1) is 0 Å². The molecule has 0 amide bonds. The first kappa shape index (κ1) is 28.8. The predicted octanol–water partition coefficient (Wildman–Crippen LogP) is 6.33. The second-order valence-electron chi connectivity index (χ2n) is 13.3. The molecule has 4 aliphatic rings. The van der Waals surface area contributed by atoms with E-state index in [0.29, 0.717) is 48.3 Å². The molecule has 3 atom stereocenters. The van der Waals surface area contributed by atoms with Crippen LogP contribution in [0.4, 0.5) is 19.0 Å². The van der Waals surface area contributed by atoms with Crippen molar-refractivity contribution < 1.29 is 23.0 Å². The van der Waals surface area contributed by atoms with E-state index < -0.39 is 17.5 Å². The summed E-state index contributed by atoms with van der Waals surface area (Å²) >= 11 is 0. The number of phenolic OH excluding ortho intramolecular Hbond substituents is 1. The van der Waals surface area contributed by atoms with Gasteiger partial charge in [0.05, 0.1) is 5.56 Å². The fourth-order valence-corrected chi connectivity index (χ4v) is 7.85. The minimum Gasteiger partial charge on any atom is -0.508 e. The largest absolute Gasteiger partial charge is 0.508 e. The molecule has 3 saturated heterocycles. The number of nitrogens with one attached hydrogen (secondary N) is 1. The molecule has 0 spiro atoms. The maximum Gasteiger partial charge on any atom is 0.319 e. The van der Waals surface area contributed by atoms with E-state index in [1.165, 1.54) is 43.2 Å². The highest BCUT2D eigenvalue weighted by molar-refractivity contribution is 6.03. The van der Waals surface area contributed by atoms with Crippen LogP contribution in [0.3, 0.4) is 0 Å². The van der Waals surface area contributed by atoms with E-state index in [4.69, 9.17) is 9.72 Å². The van der Waals surface area contributed by atoms with Gasteiger partial charge in [0, 0.05) is 43.1 Å². The lowest BCUT2D eigenvalue weighted by atomic mass is 9.91. The number of ether oxygens (including phenoxy) is 1. The summed E-state index contributed by atoms with van der Waals surface area (Å²) in [6.45, 7) is 5.66. The number of rotatable bonds is 8. The number of fused-ring (bicyclic) bond motifs is 4. The Hall–Kier alpha value is -3.63. The van der Waals surface area contributed by atoms with Crippen LogP contribution < -0.4 is 15.0 Å². The first-order valence-electron chi connectivity index (χ1n) is 16.4. The fourth-order valence-electron chi connectivity index (χ4n) is 7.85. The number of piperazine rings is 1. The number of hydrogen-bond donors (Lipinski definition) is 2. The van der Waals surface area contributed by atoms with Gasteiger partial charge in [-0.2, -0.15) is 9.97 Å². The summed E-state index contributed by atoms with van der Waals surface area (Å²) in [6, 6.07) is 7.78. The molecule has 1 aromatic heterocycles. The Kier molecular flexibility index (Phi) is 7.24. The molecular weight excluding hydrogens is 579 g/mol. The molecule has 2 unspecified atom stereocenters. The van der Waals surface area contributed by atoms with E-state index in [1.807, 2.05) is 0 Å². The number of aryl methyl sites for hydroxylation is 1. The number of halogens is 3. The summed E-state index contributed by atoms with van der Waals surface area (Å²) in [5.41, 5.74) is 0.00994. The monoisotopic (exact) mass is 617 g/mol. The molecule has 0 radical (unpaired) electrons. The molecule has 7 nitrogen and oxygen atoms in total.